The van der Waals surface area contributed by atoms with Gasteiger partial charge in [-0.2, -0.15) is 0 Å². The Bertz CT molecular complexity index is 541. The van der Waals surface area contributed by atoms with Crippen LogP contribution in [-0.4, -0.2) is 61.7 Å². The molecule has 0 saturated carbocycles. The maximum Gasteiger partial charge on any atom is 0.222 e. The van der Waals surface area contributed by atoms with E-state index in [2.05, 4.69) is 24.0 Å². The first kappa shape index (κ1) is 22.7. The van der Waals surface area contributed by atoms with Gasteiger partial charge in [-0.25, -0.2) is 0 Å². The summed E-state index contributed by atoms with van der Waals surface area (Å²) in [6.45, 7) is 11.0. The second-order valence-electron chi connectivity index (χ2n) is 7.51. The van der Waals surface area contributed by atoms with Crippen molar-refractivity contribution in [2.24, 2.45) is 0 Å². The summed E-state index contributed by atoms with van der Waals surface area (Å²) in [4.78, 5) is 17.3. The smallest absolute Gasteiger partial charge is 0.222 e. The summed E-state index contributed by atoms with van der Waals surface area (Å²) < 4.78 is 10.9. The van der Waals surface area contributed by atoms with Gasteiger partial charge >= 0.3 is 0 Å². The molecule has 1 aromatic carbocycles. The molecule has 1 heterocycles. The third-order valence-electron chi connectivity index (χ3n) is 5.21. The highest BCUT2D eigenvalue weighted by Gasteiger charge is 2.15. The SMILES string of the molecule is CCCCCCC(=O)N(CCCN1CCOCC1)Cc1ccc(OCC)cc1. The number of morpholine rings is 1. The van der Waals surface area contributed by atoms with Crippen LogP contribution in [0.2, 0.25) is 0 Å². The third kappa shape index (κ3) is 8.61. The van der Waals surface area contributed by atoms with Gasteiger partial charge in [0.2, 0.25) is 5.91 Å². The Kier molecular flexibility index (Phi) is 11.0. The number of unbranched alkanes of at least 4 members (excludes halogenated alkanes) is 3. The molecule has 1 saturated heterocycles. The third-order valence-corrected chi connectivity index (χ3v) is 5.21. The first-order valence-electron chi connectivity index (χ1n) is 11.0. The highest BCUT2D eigenvalue weighted by molar-refractivity contribution is 5.76. The van der Waals surface area contributed by atoms with Crippen molar-refractivity contribution in [1.29, 1.82) is 0 Å². The molecule has 158 valence electrons. The van der Waals surface area contributed by atoms with E-state index in [-0.39, 0.29) is 5.91 Å². The molecule has 0 atom stereocenters. The fourth-order valence-electron chi connectivity index (χ4n) is 3.54. The van der Waals surface area contributed by atoms with Crippen molar-refractivity contribution in [3.8, 4) is 5.75 Å². The zero-order valence-electron chi connectivity index (χ0n) is 17.8. The van der Waals surface area contributed by atoms with E-state index in [1.165, 1.54) is 12.8 Å². The van der Waals surface area contributed by atoms with E-state index >= 15 is 0 Å². The van der Waals surface area contributed by atoms with E-state index in [9.17, 15) is 4.79 Å². The number of carbonyl (C=O) groups is 1. The molecule has 0 bridgehead atoms. The van der Waals surface area contributed by atoms with Crippen molar-refractivity contribution in [2.45, 2.75) is 58.9 Å². The molecule has 5 heteroatoms. The minimum absolute atomic E-state index is 0.284. The van der Waals surface area contributed by atoms with Crippen molar-refractivity contribution >= 4 is 5.91 Å². The molecule has 28 heavy (non-hydrogen) atoms. The van der Waals surface area contributed by atoms with Crippen LogP contribution in [0.5, 0.6) is 5.75 Å². The summed E-state index contributed by atoms with van der Waals surface area (Å²) in [5.41, 5.74) is 1.16. The number of ether oxygens (including phenoxy) is 2. The summed E-state index contributed by atoms with van der Waals surface area (Å²) in [6.07, 6.45) is 6.22. The maximum absolute atomic E-state index is 12.8. The van der Waals surface area contributed by atoms with Crippen LogP contribution >= 0.6 is 0 Å². The monoisotopic (exact) mass is 390 g/mol. The van der Waals surface area contributed by atoms with Crippen LogP contribution in [-0.2, 0) is 16.1 Å². The molecule has 5 nitrogen and oxygen atoms in total. The highest BCUT2D eigenvalue weighted by Crippen LogP contribution is 2.15. The lowest BCUT2D eigenvalue weighted by Crippen LogP contribution is -2.39. The van der Waals surface area contributed by atoms with Gasteiger partial charge < -0.3 is 14.4 Å². The molecule has 1 aromatic rings. The Labute approximate surface area is 171 Å². The van der Waals surface area contributed by atoms with E-state index in [4.69, 9.17) is 9.47 Å². The molecular formula is C23H38N2O3. The number of amides is 1. The lowest BCUT2D eigenvalue weighted by Gasteiger charge is -2.28. The quantitative estimate of drug-likeness (QED) is 0.476. The summed E-state index contributed by atoms with van der Waals surface area (Å²) >= 11 is 0. The predicted octanol–water partition coefficient (Wildman–Crippen LogP) is 4.11. The Morgan fingerprint density at radius 3 is 2.50 bits per heavy atom. The molecule has 0 radical (unpaired) electrons. The Hall–Kier alpha value is -1.59. The highest BCUT2D eigenvalue weighted by atomic mass is 16.5. The minimum Gasteiger partial charge on any atom is -0.494 e. The van der Waals surface area contributed by atoms with E-state index in [1.807, 2.05) is 24.0 Å². The maximum atomic E-state index is 12.8. The van der Waals surface area contributed by atoms with Gasteiger partial charge in [-0.1, -0.05) is 38.3 Å². The number of nitrogens with zero attached hydrogens (tertiary/aromatic N) is 2. The average molecular weight is 391 g/mol. The molecule has 0 spiro atoms. The predicted molar refractivity (Wildman–Crippen MR) is 114 cm³/mol. The van der Waals surface area contributed by atoms with Crippen molar-refractivity contribution < 1.29 is 14.3 Å². The molecule has 0 N–H and O–H groups in total. The lowest BCUT2D eigenvalue weighted by atomic mass is 10.1. The Balaban J connectivity index is 1.87. The Morgan fingerprint density at radius 1 is 1.07 bits per heavy atom. The average Bonchev–Trinajstić information content (AvgIpc) is 2.72. The molecule has 1 aliphatic heterocycles. The van der Waals surface area contributed by atoms with Crippen LogP contribution < -0.4 is 4.74 Å². The number of hydrogen-bond acceptors (Lipinski definition) is 4. The number of rotatable bonds is 13. The van der Waals surface area contributed by atoms with E-state index < -0.39 is 0 Å². The summed E-state index contributed by atoms with van der Waals surface area (Å²) in [5, 5.41) is 0. The summed E-state index contributed by atoms with van der Waals surface area (Å²) in [7, 11) is 0. The second kappa shape index (κ2) is 13.6. The largest absolute Gasteiger partial charge is 0.494 e. The Morgan fingerprint density at radius 2 is 1.82 bits per heavy atom. The van der Waals surface area contributed by atoms with Crippen LogP contribution in [0.15, 0.2) is 24.3 Å². The zero-order chi connectivity index (χ0) is 20.0. The molecule has 1 aliphatic rings. The molecule has 1 amide bonds. The van der Waals surface area contributed by atoms with Gasteiger partial charge in [0.25, 0.3) is 0 Å². The number of benzene rings is 1. The van der Waals surface area contributed by atoms with Crippen LogP contribution in [0.25, 0.3) is 0 Å². The molecular weight excluding hydrogens is 352 g/mol. The molecule has 0 aromatic heterocycles. The first-order chi connectivity index (χ1) is 13.7. The van der Waals surface area contributed by atoms with Crippen LogP contribution in [0.1, 0.15) is 57.9 Å². The topological polar surface area (TPSA) is 42.0 Å². The lowest BCUT2D eigenvalue weighted by molar-refractivity contribution is -0.132. The van der Waals surface area contributed by atoms with Crippen LogP contribution in [0.3, 0.4) is 0 Å². The van der Waals surface area contributed by atoms with Crippen molar-refractivity contribution in [3.63, 3.8) is 0 Å². The fourth-order valence-corrected chi connectivity index (χ4v) is 3.54. The van der Waals surface area contributed by atoms with Gasteiger partial charge in [-0.05, 0) is 37.5 Å². The van der Waals surface area contributed by atoms with Crippen LogP contribution in [0, 0.1) is 0 Å². The summed E-state index contributed by atoms with van der Waals surface area (Å²) in [6, 6.07) is 8.14. The second-order valence-corrected chi connectivity index (χ2v) is 7.51. The molecule has 2 rings (SSSR count). The fraction of sp³-hybridized carbons (Fsp3) is 0.696. The van der Waals surface area contributed by atoms with Crippen molar-refractivity contribution in [3.05, 3.63) is 29.8 Å². The standard InChI is InChI=1S/C23H38N2O3/c1-3-5-6-7-9-23(26)25(15-8-14-24-16-18-27-19-17-24)20-21-10-12-22(13-11-21)28-4-2/h10-13H,3-9,14-20H2,1-2H3. The van der Waals surface area contributed by atoms with Gasteiger partial charge in [0, 0.05) is 39.1 Å². The molecule has 1 fully saturated rings. The van der Waals surface area contributed by atoms with Crippen molar-refractivity contribution in [1.82, 2.24) is 9.80 Å². The number of carbonyl (C=O) groups excluding carboxylic acids is 1. The minimum atomic E-state index is 0.284. The first-order valence-corrected chi connectivity index (χ1v) is 11.0. The van der Waals surface area contributed by atoms with E-state index in [1.54, 1.807) is 0 Å². The van der Waals surface area contributed by atoms with E-state index in [0.29, 0.717) is 19.6 Å². The zero-order valence-corrected chi connectivity index (χ0v) is 17.8. The van der Waals surface area contributed by atoms with Gasteiger partial charge in [-0.15, -0.1) is 0 Å². The number of hydrogen-bond donors (Lipinski definition) is 0. The molecule has 0 aliphatic carbocycles. The summed E-state index contributed by atoms with van der Waals surface area (Å²) in [5.74, 6) is 1.17. The molecule has 0 unspecified atom stereocenters. The van der Waals surface area contributed by atoms with Gasteiger partial charge in [0.05, 0.1) is 19.8 Å². The van der Waals surface area contributed by atoms with Gasteiger partial charge in [-0.3, -0.25) is 9.69 Å². The van der Waals surface area contributed by atoms with Gasteiger partial charge in [0.15, 0.2) is 0 Å². The van der Waals surface area contributed by atoms with Crippen molar-refractivity contribution in [2.75, 3.05) is 46.0 Å². The normalized spacial score (nSPS) is 14.8. The van der Waals surface area contributed by atoms with E-state index in [0.717, 1.165) is 70.0 Å². The van der Waals surface area contributed by atoms with Crippen LogP contribution in [0.4, 0.5) is 0 Å². The van der Waals surface area contributed by atoms with Gasteiger partial charge in [0.1, 0.15) is 5.75 Å².